The summed E-state index contributed by atoms with van der Waals surface area (Å²) in [7, 11) is 1.63. The molecule has 0 bridgehead atoms. The van der Waals surface area contributed by atoms with Crippen molar-refractivity contribution in [1.29, 1.82) is 5.26 Å². The molecule has 0 saturated carbocycles. The number of fused-ring (bicyclic) bond motifs is 2. The van der Waals surface area contributed by atoms with Gasteiger partial charge >= 0.3 is 0 Å². The summed E-state index contributed by atoms with van der Waals surface area (Å²) in [4.78, 5) is 29.9. The molecule has 10 nitrogen and oxygen atoms in total. The molecule has 35 heavy (non-hydrogen) atoms. The lowest BCUT2D eigenvalue weighted by Gasteiger charge is -2.31. The summed E-state index contributed by atoms with van der Waals surface area (Å²) in [6.07, 6.45) is 3.89. The highest BCUT2D eigenvalue weighted by Crippen LogP contribution is 2.49. The minimum absolute atomic E-state index is 0.0570. The number of nitrogens with one attached hydrogen (secondary N) is 3. The van der Waals surface area contributed by atoms with E-state index in [2.05, 4.69) is 48.8 Å². The maximum absolute atomic E-state index is 12.7. The lowest BCUT2D eigenvalue weighted by Crippen LogP contribution is -2.42. The molecule has 2 aliphatic rings. The topological polar surface area (TPSA) is 140 Å². The largest absolute Gasteiger partial charge is 0.354 e. The number of carbonyl (C=O) groups is 2. The van der Waals surface area contributed by atoms with Gasteiger partial charge in [-0.3, -0.25) is 9.59 Å². The lowest BCUT2D eigenvalue weighted by atomic mass is 9.75. The Labute approximate surface area is 210 Å². The van der Waals surface area contributed by atoms with Crippen LogP contribution in [0.4, 0.5) is 0 Å². The number of amides is 2. The van der Waals surface area contributed by atoms with Gasteiger partial charge in [-0.15, -0.1) is 32.9 Å². The van der Waals surface area contributed by atoms with Gasteiger partial charge < -0.3 is 15.5 Å². The number of H-pyrrole nitrogens is 1. The molecule has 1 fully saturated rings. The van der Waals surface area contributed by atoms with Gasteiger partial charge in [-0.1, -0.05) is 5.21 Å². The second-order valence-corrected chi connectivity index (χ2v) is 10.8. The molecule has 1 saturated heterocycles. The highest BCUT2D eigenvalue weighted by molar-refractivity contribution is 7.14. The normalized spacial score (nSPS) is 21.1. The van der Waals surface area contributed by atoms with E-state index in [-0.39, 0.29) is 24.4 Å². The number of aryl methyl sites for hydroxylation is 2. The summed E-state index contributed by atoms with van der Waals surface area (Å²) in [6, 6.07) is 6.00. The standard InChI is InChI=1S/C23H26N8O2S2/c1-25-21(33)18-11-14-4-5-17-16(6-10-34-17)23(20(14)35-18,22-27-29-30-28-22)7-8-26-13-19(32)31-9-2-3-15(31)12-24/h6,10-11,15,26H,2-5,7-9,13H2,1H3,(H,25,33)(H,27,28,29,30). The average molecular weight is 511 g/mol. The van der Waals surface area contributed by atoms with Crippen molar-refractivity contribution in [2.24, 2.45) is 0 Å². The Bertz CT molecular complexity index is 1260. The monoisotopic (exact) mass is 510 g/mol. The molecule has 2 amide bonds. The van der Waals surface area contributed by atoms with Crippen LogP contribution in [0.15, 0.2) is 17.5 Å². The molecule has 1 aliphatic carbocycles. The van der Waals surface area contributed by atoms with Crippen LogP contribution < -0.4 is 10.6 Å². The first-order valence-electron chi connectivity index (χ1n) is 11.6. The molecule has 3 N–H and O–H groups in total. The summed E-state index contributed by atoms with van der Waals surface area (Å²) in [5, 5.41) is 32.8. The van der Waals surface area contributed by atoms with Crippen molar-refractivity contribution in [2.45, 2.75) is 43.6 Å². The third-order valence-corrected chi connectivity index (χ3v) is 9.19. The van der Waals surface area contributed by atoms with Gasteiger partial charge in [0, 0.05) is 23.3 Å². The number of aromatic nitrogens is 4. The van der Waals surface area contributed by atoms with Crippen molar-refractivity contribution in [3.8, 4) is 6.07 Å². The van der Waals surface area contributed by atoms with Crippen molar-refractivity contribution >= 4 is 34.5 Å². The van der Waals surface area contributed by atoms with Gasteiger partial charge in [0.15, 0.2) is 5.82 Å². The molecule has 0 radical (unpaired) electrons. The summed E-state index contributed by atoms with van der Waals surface area (Å²) >= 11 is 3.19. The number of thiophene rings is 2. The molecular formula is C23H26N8O2S2. The minimum Gasteiger partial charge on any atom is -0.354 e. The van der Waals surface area contributed by atoms with Gasteiger partial charge in [-0.05, 0) is 67.3 Å². The summed E-state index contributed by atoms with van der Waals surface area (Å²) < 4.78 is 0. The fraction of sp³-hybridized carbons (Fsp3) is 0.478. The maximum Gasteiger partial charge on any atom is 0.261 e. The molecule has 0 aromatic carbocycles. The van der Waals surface area contributed by atoms with Crippen LogP contribution in [0.1, 0.15) is 55.6 Å². The number of carbonyl (C=O) groups excluding carboxylic acids is 2. The highest BCUT2D eigenvalue weighted by atomic mass is 32.1. The zero-order valence-electron chi connectivity index (χ0n) is 19.3. The number of nitrogens with zero attached hydrogens (tertiary/aromatic N) is 5. The van der Waals surface area contributed by atoms with Crippen molar-refractivity contribution < 1.29 is 9.59 Å². The Morgan fingerprint density at radius 3 is 3.06 bits per heavy atom. The minimum atomic E-state index is -0.690. The average Bonchev–Trinajstić information content (AvgIpc) is 3.68. The van der Waals surface area contributed by atoms with Crippen LogP contribution >= 0.6 is 22.7 Å². The first kappa shape index (κ1) is 23.6. The molecule has 1 aliphatic heterocycles. The molecule has 3 aromatic rings. The van der Waals surface area contributed by atoms with E-state index in [1.54, 1.807) is 23.3 Å². The van der Waals surface area contributed by atoms with E-state index in [1.165, 1.54) is 16.2 Å². The van der Waals surface area contributed by atoms with Gasteiger partial charge in [0.1, 0.15) is 6.04 Å². The quantitative estimate of drug-likeness (QED) is 0.410. The number of hydrogen-bond acceptors (Lipinski definition) is 9. The molecule has 4 heterocycles. The van der Waals surface area contributed by atoms with Gasteiger partial charge in [0.05, 0.1) is 22.9 Å². The van der Waals surface area contributed by atoms with Crippen molar-refractivity contribution in [3.05, 3.63) is 49.1 Å². The second-order valence-electron chi connectivity index (χ2n) is 8.74. The van der Waals surface area contributed by atoms with Crippen LogP contribution in [0.3, 0.4) is 0 Å². The van der Waals surface area contributed by atoms with Gasteiger partial charge in [-0.2, -0.15) is 10.5 Å². The molecular weight excluding hydrogens is 484 g/mol. The second kappa shape index (κ2) is 9.85. The third kappa shape index (κ3) is 4.13. The zero-order valence-corrected chi connectivity index (χ0v) is 21.0. The highest BCUT2D eigenvalue weighted by Gasteiger charge is 2.46. The molecule has 182 valence electrons. The summed E-state index contributed by atoms with van der Waals surface area (Å²) in [5.41, 5.74) is 1.56. The molecule has 2 atom stereocenters. The zero-order chi connectivity index (χ0) is 24.4. The third-order valence-electron chi connectivity index (χ3n) is 6.88. The number of aromatic amines is 1. The van der Waals surface area contributed by atoms with Crippen molar-refractivity contribution in [2.75, 3.05) is 26.7 Å². The van der Waals surface area contributed by atoms with Gasteiger partial charge in [-0.25, -0.2) is 0 Å². The van der Waals surface area contributed by atoms with Crippen molar-refractivity contribution in [3.63, 3.8) is 0 Å². The number of hydrogen-bond donors (Lipinski definition) is 3. The Balaban J connectivity index is 1.46. The van der Waals surface area contributed by atoms with Gasteiger partial charge in [0.2, 0.25) is 5.91 Å². The number of nitriles is 1. The number of likely N-dealkylation sites (tertiary alicyclic amines) is 1. The predicted octanol–water partition coefficient (Wildman–Crippen LogP) is 1.61. The van der Waals surface area contributed by atoms with Crippen LogP contribution in [-0.4, -0.2) is 70.1 Å². The van der Waals surface area contributed by atoms with Crippen molar-refractivity contribution in [1.82, 2.24) is 36.2 Å². The maximum atomic E-state index is 12.7. The fourth-order valence-corrected chi connectivity index (χ4v) is 7.54. The molecule has 5 rings (SSSR count). The molecule has 0 spiro atoms. The van der Waals surface area contributed by atoms with Gasteiger partial charge in [0.25, 0.3) is 5.91 Å². The van der Waals surface area contributed by atoms with Crippen LogP contribution in [-0.2, 0) is 23.1 Å². The van der Waals surface area contributed by atoms with Crippen LogP contribution in [0, 0.1) is 11.3 Å². The predicted molar refractivity (Wildman–Crippen MR) is 131 cm³/mol. The SMILES string of the molecule is CNC(=O)c1cc2c(s1)C(CCNCC(=O)N1CCCC1C#N)(c1nn[nH]n1)c1ccsc1CC2. The van der Waals surface area contributed by atoms with E-state index in [0.717, 1.165) is 41.7 Å². The Hall–Kier alpha value is -3.14. The Morgan fingerprint density at radius 2 is 2.29 bits per heavy atom. The molecule has 3 aromatic heterocycles. The number of tetrazole rings is 1. The summed E-state index contributed by atoms with van der Waals surface area (Å²) in [5.74, 6) is 0.387. The van der Waals surface area contributed by atoms with E-state index in [9.17, 15) is 14.9 Å². The fourth-order valence-electron chi connectivity index (χ4n) is 5.19. The first-order chi connectivity index (χ1) is 17.1. The lowest BCUT2D eigenvalue weighted by molar-refractivity contribution is -0.130. The smallest absolute Gasteiger partial charge is 0.261 e. The number of rotatable bonds is 7. The van der Waals surface area contributed by atoms with Crippen LogP contribution in [0.25, 0.3) is 0 Å². The van der Waals surface area contributed by atoms with E-state index >= 15 is 0 Å². The van der Waals surface area contributed by atoms with E-state index in [0.29, 0.717) is 30.2 Å². The van der Waals surface area contributed by atoms with E-state index < -0.39 is 5.41 Å². The Morgan fingerprint density at radius 1 is 1.40 bits per heavy atom. The first-order valence-corrected chi connectivity index (χ1v) is 13.3. The summed E-state index contributed by atoms with van der Waals surface area (Å²) in [6.45, 7) is 1.32. The van der Waals surface area contributed by atoms with E-state index in [1.807, 2.05) is 6.07 Å². The molecule has 2 unspecified atom stereocenters. The Kier molecular flexibility index (Phi) is 6.64. The van der Waals surface area contributed by atoms with Crippen LogP contribution in [0.5, 0.6) is 0 Å². The van der Waals surface area contributed by atoms with E-state index in [4.69, 9.17) is 0 Å². The van der Waals surface area contributed by atoms with Crippen LogP contribution in [0.2, 0.25) is 0 Å². The molecule has 12 heteroatoms.